The summed E-state index contributed by atoms with van der Waals surface area (Å²) in [6, 6.07) is 4.26. The standard InChI is InChI=1S/C20H27N3O3S/c1-7-26-18(25)20(5,6)21-10-17(24)23-19-22-16(11-27-19)15-9-13(3)12(2)8-14(15)4/h8-9,11,21H,7,10H2,1-6H3,(H,22,23,24). The molecule has 2 aromatic rings. The number of hydrogen-bond donors (Lipinski definition) is 2. The van der Waals surface area contributed by atoms with E-state index in [4.69, 9.17) is 4.74 Å². The number of carbonyl (C=O) groups is 2. The molecule has 2 rings (SSSR count). The van der Waals surface area contributed by atoms with Crippen molar-refractivity contribution in [2.75, 3.05) is 18.5 Å². The maximum atomic E-state index is 12.2. The largest absolute Gasteiger partial charge is 0.465 e. The molecular formula is C20H27N3O3S. The molecule has 1 aromatic carbocycles. The molecule has 0 spiro atoms. The molecule has 0 bridgehead atoms. The van der Waals surface area contributed by atoms with Crippen LogP contribution in [0, 0.1) is 20.8 Å². The van der Waals surface area contributed by atoms with Crippen LogP contribution in [0.5, 0.6) is 0 Å². The number of ether oxygens (including phenoxy) is 1. The zero-order valence-electron chi connectivity index (χ0n) is 16.7. The zero-order chi connectivity index (χ0) is 20.2. The van der Waals surface area contributed by atoms with Crippen molar-refractivity contribution in [1.82, 2.24) is 10.3 Å². The number of rotatable bonds is 7. The first-order valence-corrected chi connectivity index (χ1v) is 9.78. The first-order valence-electron chi connectivity index (χ1n) is 8.90. The topological polar surface area (TPSA) is 80.3 Å². The number of carbonyl (C=O) groups excluding carboxylic acids is 2. The van der Waals surface area contributed by atoms with Crippen molar-refractivity contribution in [3.63, 3.8) is 0 Å². The van der Waals surface area contributed by atoms with Crippen molar-refractivity contribution in [1.29, 1.82) is 0 Å². The summed E-state index contributed by atoms with van der Waals surface area (Å²) in [7, 11) is 0. The van der Waals surface area contributed by atoms with Crippen LogP contribution < -0.4 is 10.6 Å². The van der Waals surface area contributed by atoms with E-state index < -0.39 is 5.54 Å². The molecule has 1 heterocycles. The molecule has 7 heteroatoms. The van der Waals surface area contributed by atoms with Gasteiger partial charge >= 0.3 is 5.97 Å². The van der Waals surface area contributed by atoms with Gasteiger partial charge in [-0.25, -0.2) is 4.98 Å². The Balaban J connectivity index is 2.01. The van der Waals surface area contributed by atoms with Crippen LogP contribution in [0.1, 0.15) is 37.5 Å². The van der Waals surface area contributed by atoms with Gasteiger partial charge in [0, 0.05) is 10.9 Å². The van der Waals surface area contributed by atoms with E-state index in [9.17, 15) is 9.59 Å². The summed E-state index contributed by atoms with van der Waals surface area (Å²) in [6.45, 7) is 11.6. The number of benzene rings is 1. The molecule has 146 valence electrons. The van der Waals surface area contributed by atoms with Crippen molar-refractivity contribution >= 4 is 28.3 Å². The predicted octanol–water partition coefficient (Wildman–Crippen LogP) is 3.61. The summed E-state index contributed by atoms with van der Waals surface area (Å²) in [5.41, 5.74) is 4.58. The minimum atomic E-state index is -0.933. The molecule has 0 atom stereocenters. The number of esters is 1. The Hall–Kier alpha value is -2.25. The van der Waals surface area contributed by atoms with E-state index in [1.54, 1.807) is 20.8 Å². The highest BCUT2D eigenvalue weighted by Gasteiger charge is 2.29. The van der Waals surface area contributed by atoms with Crippen LogP contribution in [0.4, 0.5) is 5.13 Å². The van der Waals surface area contributed by atoms with E-state index >= 15 is 0 Å². The average molecular weight is 390 g/mol. The van der Waals surface area contributed by atoms with Crippen LogP contribution in [-0.4, -0.2) is 35.6 Å². The fourth-order valence-electron chi connectivity index (χ4n) is 2.54. The highest BCUT2D eigenvalue weighted by atomic mass is 32.1. The van der Waals surface area contributed by atoms with E-state index in [-0.39, 0.29) is 18.4 Å². The van der Waals surface area contributed by atoms with E-state index in [2.05, 4.69) is 48.5 Å². The maximum Gasteiger partial charge on any atom is 0.325 e. The average Bonchev–Trinajstić information content (AvgIpc) is 3.04. The van der Waals surface area contributed by atoms with Gasteiger partial charge in [0.15, 0.2) is 5.13 Å². The van der Waals surface area contributed by atoms with Crippen LogP contribution in [0.3, 0.4) is 0 Å². The molecule has 27 heavy (non-hydrogen) atoms. The van der Waals surface area contributed by atoms with Crippen LogP contribution in [0.2, 0.25) is 0 Å². The molecule has 0 unspecified atom stereocenters. The van der Waals surface area contributed by atoms with Gasteiger partial charge < -0.3 is 10.1 Å². The lowest BCUT2D eigenvalue weighted by Gasteiger charge is -2.23. The number of nitrogens with one attached hydrogen (secondary N) is 2. The van der Waals surface area contributed by atoms with Gasteiger partial charge in [0.05, 0.1) is 18.8 Å². The fourth-order valence-corrected chi connectivity index (χ4v) is 3.27. The van der Waals surface area contributed by atoms with E-state index in [1.807, 2.05) is 5.38 Å². The van der Waals surface area contributed by atoms with Crippen molar-refractivity contribution in [3.05, 3.63) is 34.2 Å². The Morgan fingerprint density at radius 3 is 2.48 bits per heavy atom. The summed E-state index contributed by atoms with van der Waals surface area (Å²) in [4.78, 5) is 28.6. The number of amides is 1. The summed E-state index contributed by atoms with van der Waals surface area (Å²) in [6.07, 6.45) is 0. The third-order valence-corrected chi connectivity index (χ3v) is 5.10. The monoisotopic (exact) mass is 389 g/mol. The number of aromatic nitrogens is 1. The molecule has 1 amide bonds. The van der Waals surface area contributed by atoms with Crippen LogP contribution in [0.25, 0.3) is 11.3 Å². The summed E-state index contributed by atoms with van der Waals surface area (Å²) in [5, 5.41) is 8.15. The van der Waals surface area contributed by atoms with E-state index in [0.29, 0.717) is 11.7 Å². The lowest BCUT2D eigenvalue weighted by molar-refractivity contribution is -0.149. The van der Waals surface area contributed by atoms with Crippen LogP contribution >= 0.6 is 11.3 Å². The molecule has 0 aliphatic rings. The first-order chi connectivity index (χ1) is 12.6. The smallest absolute Gasteiger partial charge is 0.325 e. The molecule has 1 aromatic heterocycles. The molecule has 0 saturated carbocycles. The molecule has 0 aliphatic heterocycles. The number of anilines is 1. The second-order valence-electron chi connectivity index (χ2n) is 7.04. The van der Waals surface area contributed by atoms with Gasteiger partial charge in [0.2, 0.25) is 5.91 Å². The molecule has 0 radical (unpaired) electrons. The minimum absolute atomic E-state index is 0.0105. The van der Waals surface area contributed by atoms with E-state index in [0.717, 1.165) is 16.8 Å². The van der Waals surface area contributed by atoms with Crippen molar-refractivity contribution in [3.8, 4) is 11.3 Å². The van der Waals surface area contributed by atoms with Gasteiger partial charge in [-0.1, -0.05) is 6.07 Å². The Morgan fingerprint density at radius 1 is 1.15 bits per heavy atom. The lowest BCUT2D eigenvalue weighted by Crippen LogP contribution is -2.50. The molecule has 0 fully saturated rings. The molecule has 0 aliphatic carbocycles. The van der Waals surface area contributed by atoms with Gasteiger partial charge in [0.25, 0.3) is 0 Å². The Labute approximate surface area is 164 Å². The predicted molar refractivity (Wildman–Crippen MR) is 109 cm³/mol. The maximum absolute atomic E-state index is 12.2. The van der Waals surface area contributed by atoms with Gasteiger partial charge in [-0.15, -0.1) is 11.3 Å². The van der Waals surface area contributed by atoms with Gasteiger partial charge in [-0.05, 0) is 64.3 Å². The molecular weight excluding hydrogens is 362 g/mol. The van der Waals surface area contributed by atoms with Gasteiger partial charge in [0.1, 0.15) is 5.54 Å². The van der Waals surface area contributed by atoms with Crippen LogP contribution in [-0.2, 0) is 14.3 Å². The van der Waals surface area contributed by atoms with E-state index in [1.165, 1.54) is 22.5 Å². The van der Waals surface area contributed by atoms with Crippen molar-refractivity contribution < 1.29 is 14.3 Å². The summed E-state index contributed by atoms with van der Waals surface area (Å²) >= 11 is 1.38. The van der Waals surface area contributed by atoms with Crippen LogP contribution in [0.15, 0.2) is 17.5 Å². The third kappa shape index (κ3) is 5.37. The normalized spacial score (nSPS) is 11.3. The fraction of sp³-hybridized carbons (Fsp3) is 0.450. The second kappa shape index (κ2) is 8.63. The zero-order valence-corrected chi connectivity index (χ0v) is 17.5. The third-order valence-electron chi connectivity index (χ3n) is 4.34. The Morgan fingerprint density at radius 2 is 1.81 bits per heavy atom. The first kappa shape index (κ1) is 21.1. The Bertz CT molecular complexity index is 843. The van der Waals surface area contributed by atoms with Crippen molar-refractivity contribution in [2.45, 2.75) is 47.1 Å². The van der Waals surface area contributed by atoms with Crippen molar-refractivity contribution in [2.24, 2.45) is 0 Å². The minimum Gasteiger partial charge on any atom is -0.465 e. The highest BCUT2D eigenvalue weighted by molar-refractivity contribution is 7.14. The molecule has 0 saturated heterocycles. The summed E-state index contributed by atoms with van der Waals surface area (Å²) < 4.78 is 5.00. The molecule has 6 nitrogen and oxygen atoms in total. The second-order valence-corrected chi connectivity index (χ2v) is 7.89. The quantitative estimate of drug-likeness (QED) is 0.707. The SMILES string of the molecule is CCOC(=O)C(C)(C)NCC(=O)Nc1nc(-c2cc(C)c(C)cc2C)cs1. The Kier molecular flexibility index (Phi) is 6.73. The summed E-state index contributed by atoms with van der Waals surface area (Å²) in [5.74, 6) is -0.648. The highest BCUT2D eigenvalue weighted by Crippen LogP contribution is 2.29. The number of hydrogen-bond acceptors (Lipinski definition) is 6. The molecule has 2 N–H and O–H groups in total. The number of aryl methyl sites for hydroxylation is 3. The van der Waals surface area contributed by atoms with Gasteiger partial charge in [-0.3, -0.25) is 14.9 Å². The van der Waals surface area contributed by atoms with Gasteiger partial charge in [-0.2, -0.15) is 0 Å². The lowest BCUT2D eigenvalue weighted by atomic mass is 9.99. The number of nitrogens with zero attached hydrogens (tertiary/aromatic N) is 1. The number of thiazole rings is 1.